The molecule has 1 fully saturated rings. The van der Waals surface area contributed by atoms with Gasteiger partial charge < -0.3 is 4.90 Å². The fourth-order valence-corrected chi connectivity index (χ4v) is 5.78. The van der Waals surface area contributed by atoms with Crippen molar-refractivity contribution in [1.29, 1.82) is 0 Å². The molecule has 0 amide bonds. The van der Waals surface area contributed by atoms with Crippen molar-refractivity contribution >= 4 is 26.5 Å². The number of benzene rings is 2. The lowest BCUT2D eigenvalue weighted by molar-refractivity contribution is 0.459. The van der Waals surface area contributed by atoms with Crippen LogP contribution >= 0.6 is 11.3 Å². The molecule has 0 aliphatic carbocycles. The van der Waals surface area contributed by atoms with Gasteiger partial charge in [0.25, 0.3) is 0 Å². The first-order chi connectivity index (χ1) is 13.6. The Bertz CT molecular complexity index is 996. The SMILES string of the molecule is O=S(=O)(Cc1ccccc1)NC1CCN(c2nc(-c3ccccc3)cs2)CC1. The van der Waals surface area contributed by atoms with E-state index in [1.165, 1.54) is 0 Å². The number of anilines is 1. The van der Waals surface area contributed by atoms with Gasteiger partial charge in [-0.25, -0.2) is 18.1 Å². The number of hydrogen-bond acceptors (Lipinski definition) is 5. The smallest absolute Gasteiger partial charge is 0.216 e. The second-order valence-electron chi connectivity index (χ2n) is 7.01. The van der Waals surface area contributed by atoms with Gasteiger partial charge in [-0.15, -0.1) is 11.3 Å². The Balaban J connectivity index is 1.33. The molecule has 4 rings (SSSR count). The highest BCUT2D eigenvalue weighted by Gasteiger charge is 2.25. The summed E-state index contributed by atoms with van der Waals surface area (Å²) >= 11 is 1.64. The summed E-state index contributed by atoms with van der Waals surface area (Å²) in [5.41, 5.74) is 2.92. The van der Waals surface area contributed by atoms with Gasteiger partial charge >= 0.3 is 0 Å². The van der Waals surface area contributed by atoms with E-state index in [4.69, 9.17) is 4.98 Å². The molecule has 146 valence electrons. The van der Waals surface area contributed by atoms with Gasteiger partial charge in [0.15, 0.2) is 5.13 Å². The lowest BCUT2D eigenvalue weighted by Gasteiger charge is -2.32. The molecule has 1 aromatic heterocycles. The molecule has 0 spiro atoms. The first-order valence-corrected chi connectivity index (χ1v) is 11.9. The van der Waals surface area contributed by atoms with E-state index in [2.05, 4.69) is 27.1 Å². The van der Waals surface area contributed by atoms with Crippen LogP contribution in [-0.2, 0) is 15.8 Å². The summed E-state index contributed by atoms with van der Waals surface area (Å²) < 4.78 is 27.8. The third kappa shape index (κ3) is 4.79. The monoisotopic (exact) mass is 413 g/mol. The Morgan fingerprint density at radius 3 is 2.32 bits per heavy atom. The molecule has 28 heavy (non-hydrogen) atoms. The summed E-state index contributed by atoms with van der Waals surface area (Å²) in [6.07, 6.45) is 1.57. The van der Waals surface area contributed by atoms with E-state index < -0.39 is 10.0 Å². The second-order valence-corrected chi connectivity index (χ2v) is 9.60. The zero-order valence-corrected chi connectivity index (χ0v) is 17.1. The number of sulfonamides is 1. The number of nitrogens with one attached hydrogen (secondary N) is 1. The predicted molar refractivity (Wildman–Crippen MR) is 115 cm³/mol. The summed E-state index contributed by atoms with van der Waals surface area (Å²) in [6, 6.07) is 19.4. The highest BCUT2D eigenvalue weighted by atomic mass is 32.2. The quantitative estimate of drug-likeness (QED) is 0.666. The van der Waals surface area contributed by atoms with E-state index in [0.29, 0.717) is 0 Å². The van der Waals surface area contributed by atoms with Crippen molar-refractivity contribution in [2.75, 3.05) is 18.0 Å². The van der Waals surface area contributed by atoms with Crippen molar-refractivity contribution in [2.45, 2.75) is 24.6 Å². The first-order valence-electron chi connectivity index (χ1n) is 9.39. The number of aromatic nitrogens is 1. The first kappa shape index (κ1) is 19.1. The van der Waals surface area contributed by atoms with Crippen LogP contribution in [0.4, 0.5) is 5.13 Å². The summed E-state index contributed by atoms with van der Waals surface area (Å²) in [7, 11) is -3.33. The Morgan fingerprint density at radius 1 is 1.00 bits per heavy atom. The highest BCUT2D eigenvalue weighted by molar-refractivity contribution is 7.88. The fourth-order valence-electron chi connectivity index (χ4n) is 3.43. The van der Waals surface area contributed by atoms with Crippen LogP contribution in [0.3, 0.4) is 0 Å². The van der Waals surface area contributed by atoms with Crippen molar-refractivity contribution in [2.24, 2.45) is 0 Å². The van der Waals surface area contributed by atoms with E-state index in [1.807, 2.05) is 48.5 Å². The maximum atomic E-state index is 12.4. The van der Waals surface area contributed by atoms with Crippen LogP contribution in [0, 0.1) is 0 Å². The molecule has 0 radical (unpaired) electrons. The van der Waals surface area contributed by atoms with E-state index in [0.717, 1.165) is 47.9 Å². The number of hydrogen-bond donors (Lipinski definition) is 1. The molecule has 2 aromatic carbocycles. The number of rotatable bonds is 6. The number of thiazole rings is 1. The molecular formula is C21H23N3O2S2. The van der Waals surface area contributed by atoms with E-state index in [1.54, 1.807) is 11.3 Å². The molecule has 0 unspecified atom stereocenters. The van der Waals surface area contributed by atoms with Gasteiger partial charge in [-0.1, -0.05) is 60.7 Å². The van der Waals surface area contributed by atoms with Crippen LogP contribution in [0.5, 0.6) is 0 Å². The van der Waals surface area contributed by atoms with Gasteiger partial charge in [-0.3, -0.25) is 0 Å². The van der Waals surface area contributed by atoms with E-state index in [9.17, 15) is 8.42 Å². The van der Waals surface area contributed by atoms with Crippen molar-refractivity contribution in [3.05, 3.63) is 71.6 Å². The lowest BCUT2D eigenvalue weighted by Crippen LogP contribution is -2.45. The standard InChI is InChI=1S/C21H23N3O2S2/c25-28(26,16-17-7-3-1-4-8-17)23-19-11-13-24(14-12-19)21-22-20(15-27-21)18-9-5-2-6-10-18/h1-10,15,19,23H,11-14,16H2. The van der Waals surface area contributed by atoms with Crippen molar-refractivity contribution in [3.8, 4) is 11.3 Å². The van der Waals surface area contributed by atoms with Crippen molar-refractivity contribution < 1.29 is 8.42 Å². The van der Waals surface area contributed by atoms with Crippen LogP contribution in [0.1, 0.15) is 18.4 Å². The Hall–Kier alpha value is -2.22. The van der Waals surface area contributed by atoms with E-state index >= 15 is 0 Å². The van der Waals surface area contributed by atoms with Gasteiger partial charge in [0.05, 0.1) is 11.4 Å². The Labute approximate surface area is 170 Å². The van der Waals surface area contributed by atoms with E-state index in [-0.39, 0.29) is 11.8 Å². The number of nitrogens with zero attached hydrogens (tertiary/aromatic N) is 2. The van der Waals surface area contributed by atoms with Crippen molar-refractivity contribution in [1.82, 2.24) is 9.71 Å². The summed E-state index contributed by atoms with van der Waals surface area (Å²) in [5.74, 6) is 0.0287. The maximum Gasteiger partial charge on any atom is 0.216 e. The van der Waals surface area contributed by atoms with Crippen LogP contribution in [0.2, 0.25) is 0 Å². The van der Waals surface area contributed by atoms with Gasteiger partial charge in [0.2, 0.25) is 10.0 Å². The molecular weight excluding hydrogens is 390 g/mol. The zero-order valence-electron chi connectivity index (χ0n) is 15.5. The molecule has 0 bridgehead atoms. The molecule has 1 aliphatic rings. The second kappa shape index (κ2) is 8.43. The minimum Gasteiger partial charge on any atom is -0.348 e. The van der Waals surface area contributed by atoms with Crippen molar-refractivity contribution in [3.63, 3.8) is 0 Å². The molecule has 5 nitrogen and oxygen atoms in total. The molecule has 3 aromatic rings. The highest BCUT2D eigenvalue weighted by Crippen LogP contribution is 2.29. The third-order valence-electron chi connectivity index (χ3n) is 4.87. The Morgan fingerprint density at radius 2 is 1.64 bits per heavy atom. The molecule has 0 saturated carbocycles. The average Bonchev–Trinajstić information content (AvgIpc) is 3.19. The number of piperidine rings is 1. The normalized spacial score (nSPS) is 15.6. The van der Waals surface area contributed by atoms with Gasteiger partial charge in [0, 0.05) is 30.1 Å². The summed E-state index contributed by atoms with van der Waals surface area (Å²) in [6.45, 7) is 1.61. The predicted octanol–water partition coefficient (Wildman–Crippen LogP) is 3.90. The molecule has 7 heteroatoms. The van der Waals surface area contributed by atoms with Crippen LogP contribution < -0.4 is 9.62 Å². The zero-order chi connectivity index (χ0) is 19.4. The van der Waals surface area contributed by atoms with Gasteiger partial charge in [-0.05, 0) is 18.4 Å². The minimum absolute atomic E-state index is 0.0153. The Kier molecular flexibility index (Phi) is 5.75. The summed E-state index contributed by atoms with van der Waals surface area (Å²) in [4.78, 5) is 7.01. The molecule has 1 N–H and O–H groups in total. The summed E-state index contributed by atoms with van der Waals surface area (Å²) in [5, 5.41) is 3.09. The fraction of sp³-hybridized carbons (Fsp3) is 0.286. The molecule has 0 atom stereocenters. The minimum atomic E-state index is -3.33. The van der Waals surface area contributed by atoms with Crippen LogP contribution in [-0.4, -0.2) is 32.5 Å². The molecule has 1 saturated heterocycles. The van der Waals surface area contributed by atoms with Crippen LogP contribution in [0.25, 0.3) is 11.3 Å². The molecule has 1 aliphatic heterocycles. The molecule has 2 heterocycles. The topological polar surface area (TPSA) is 62.3 Å². The lowest BCUT2D eigenvalue weighted by atomic mass is 10.1. The van der Waals surface area contributed by atoms with Gasteiger partial charge in [-0.2, -0.15) is 0 Å². The largest absolute Gasteiger partial charge is 0.348 e. The maximum absolute atomic E-state index is 12.4. The average molecular weight is 414 g/mol. The van der Waals surface area contributed by atoms with Crippen LogP contribution in [0.15, 0.2) is 66.0 Å². The van der Waals surface area contributed by atoms with Gasteiger partial charge in [0.1, 0.15) is 0 Å². The third-order valence-corrected chi connectivity index (χ3v) is 7.18.